The molecule has 0 atom stereocenters. The molecule has 0 amide bonds. The zero-order valence-electron chi connectivity index (χ0n) is 19.6. The highest BCUT2D eigenvalue weighted by molar-refractivity contribution is 5.91. The zero-order chi connectivity index (χ0) is 25.7. The maximum absolute atomic E-state index is 14.9. The Kier molecular flexibility index (Phi) is 7.54. The molecule has 0 spiro atoms. The van der Waals surface area contributed by atoms with Crippen molar-refractivity contribution >= 4 is 5.97 Å². The van der Waals surface area contributed by atoms with E-state index in [4.69, 9.17) is 9.47 Å². The number of benzene rings is 4. The van der Waals surface area contributed by atoms with Crippen molar-refractivity contribution in [3.05, 3.63) is 120 Å². The van der Waals surface area contributed by atoms with E-state index in [1.165, 1.54) is 48.5 Å². The first-order valence-electron chi connectivity index (χ1n) is 11.3. The fraction of sp³-hybridized carbons (Fsp3) is 0.100. The largest absolute Gasteiger partial charge is 0.493 e. The van der Waals surface area contributed by atoms with Crippen molar-refractivity contribution in [2.24, 2.45) is 0 Å². The first-order valence-corrected chi connectivity index (χ1v) is 11.3. The van der Waals surface area contributed by atoms with Gasteiger partial charge >= 0.3 is 5.97 Å². The monoisotopic (exact) mass is 488 g/mol. The van der Waals surface area contributed by atoms with E-state index in [-0.39, 0.29) is 22.4 Å². The lowest BCUT2D eigenvalue weighted by Crippen LogP contribution is -2.09. The Hall–Kier alpha value is -4.32. The summed E-state index contributed by atoms with van der Waals surface area (Å²) >= 11 is 0. The molecule has 4 aromatic carbocycles. The Morgan fingerprint density at radius 3 is 1.97 bits per heavy atom. The first-order chi connectivity index (χ1) is 17.4. The van der Waals surface area contributed by atoms with Crippen molar-refractivity contribution < 1.29 is 27.4 Å². The van der Waals surface area contributed by atoms with Gasteiger partial charge in [-0.25, -0.2) is 18.0 Å². The van der Waals surface area contributed by atoms with Crippen LogP contribution in [0.5, 0.6) is 11.5 Å². The summed E-state index contributed by atoms with van der Waals surface area (Å²) in [5.41, 5.74) is 2.32. The summed E-state index contributed by atoms with van der Waals surface area (Å²) in [6, 6.07) is 19.9. The predicted molar refractivity (Wildman–Crippen MR) is 134 cm³/mol. The van der Waals surface area contributed by atoms with Crippen LogP contribution in [0.4, 0.5) is 13.2 Å². The molecular weight excluding hydrogens is 465 g/mol. The molecular formula is C30H23F3O3. The molecule has 6 heteroatoms. The van der Waals surface area contributed by atoms with Gasteiger partial charge in [-0.05, 0) is 48.7 Å². The lowest BCUT2D eigenvalue weighted by atomic mass is 9.98. The van der Waals surface area contributed by atoms with Crippen LogP contribution in [0.2, 0.25) is 0 Å². The third kappa shape index (κ3) is 5.49. The Morgan fingerprint density at radius 1 is 0.833 bits per heavy atom. The maximum Gasteiger partial charge on any atom is 0.343 e. The van der Waals surface area contributed by atoms with Crippen LogP contribution in [0.15, 0.2) is 91.5 Å². The highest BCUT2D eigenvalue weighted by atomic mass is 19.2. The van der Waals surface area contributed by atoms with E-state index in [0.29, 0.717) is 29.9 Å². The van der Waals surface area contributed by atoms with Crippen LogP contribution >= 0.6 is 0 Å². The summed E-state index contributed by atoms with van der Waals surface area (Å²) in [5, 5.41) is 0. The van der Waals surface area contributed by atoms with Gasteiger partial charge in [0, 0.05) is 17.2 Å². The number of carbonyl (C=O) groups is 1. The average molecular weight is 489 g/mol. The molecule has 0 aliphatic carbocycles. The number of hydrogen-bond acceptors (Lipinski definition) is 3. The molecule has 0 fully saturated rings. The predicted octanol–water partition coefficient (Wildman–Crippen LogP) is 7.92. The summed E-state index contributed by atoms with van der Waals surface area (Å²) in [7, 11) is 0. The minimum absolute atomic E-state index is 0.0568. The lowest BCUT2D eigenvalue weighted by molar-refractivity contribution is 0.0727. The number of carbonyl (C=O) groups excluding carboxylic acids is 1. The van der Waals surface area contributed by atoms with Crippen LogP contribution in [-0.4, -0.2) is 12.6 Å². The van der Waals surface area contributed by atoms with E-state index in [9.17, 15) is 18.0 Å². The fourth-order valence-corrected chi connectivity index (χ4v) is 3.59. The summed E-state index contributed by atoms with van der Waals surface area (Å²) in [5.74, 6) is -3.42. The molecule has 0 unspecified atom stereocenters. The van der Waals surface area contributed by atoms with E-state index in [1.807, 2.05) is 19.1 Å². The quantitative estimate of drug-likeness (QED) is 0.109. The molecule has 0 saturated carbocycles. The minimum atomic E-state index is -0.985. The van der Waals surface area contributed by atoms with Crippen LogP contribution in [0.1, 0.15) is 22.3 Å². The van der Waals surface area contributed by atoms with Crippen LogP contribution in [0.3, 0.4) is 0 Å². The van der Waals surface area contributed by atoms with Crippen molar-refractivity contribution in [2.45, 2.75) is 13.3 Å². The Morgan fingerprint density at radius 2 is 1.42 bits per heavy atom. The van der Waals surface area contributed by atoms with Gasteiger partial charge in [0.2, 0.25) is 0 Å². The molecule has 36 heavy (non-hydrogen) atoms. The Balaban J connectivity index is 1.49. The smallest absolute Gasteiger partial charge is 0.343 e. The third-order valence-electron chi connectivity index (χ3n) is 5.57. The molecule has 4 aromatic rings. The molecule has 0 aliphatic heterocycles. The summed E-state index contributed by atoms with van der Waals surface area (Å²) in [4.78, 5) is 12.5. The molecule has 0 N–H and O–H groups in total. The molecule has 3 nitrogen and oxygen atoms in total. The fourth-order valence-electron chi connectivity index (χ4n) is 3.59. The SMILES string of the molecule is C=CCCOc1ccc(OC(=O)c2ccc(-c3ccc(-c4ccc(C)cc4)c(F)c3F)cc2)c(F)c1. The number of rotatable bonds is 8. The lowest BCUT2D eigenvalue weighted by Gasteiger charge is -2.11. The number of aryl methyl sites for hydroxylation is 1. The first kappa shape index (κ1) is 24.8. The van der Waals surface area contributed by atoms with Crippen LogP contribution in [-0.2, 0) is 0 Å². The summed E-state index contributed by atoms with van der Waals surface area (Å²) < 4.78 is 54.6. The van der Waals surface area contributed by atoms with Gasteiger partial charge in [-0.15, -0.1) is 6.58 Å². The van der Waals surface area contributed by atoms with Gasteiger partial charge in [0.1, 0.15) is 5.75 Å². The second-order valence-electron chi connectivity index (χ2n) is 8.14. The highest BCUT2D eigenvalue weighted by Gasteiger charge is 2.17. The second-order valence-corrected chi connectivity index (χ2v) is 8.14. The van der Waals surface area contributed by atoms with Gasteiger partial charge in [-0.1, -0.05) is 60.2 Å². The van der Waals surface area contributed by atoms with Gasteiger partial charge in [0.25, 0.3) is 0 Å². The molecule has 0 aliphatic rings. The molecule has 0 bridgehead atoms. The van der Waals surface area contributed by atoms with Crippen LogP contribution in [0, 0.1) is 24.4 Å². The molecule has 4 rings (SSSR count). The van der Waals surface area contributed by atoms with Crippen molar-refractivity contribution in [1.29, 1.82) is 0 Å². The molecule has 0 aromatic heterocycles. The van der Waals surface area contributed by atoms with E-state index in [2.05, 4.69) is 6.58 Å². The topological polar surface area (TPSA) is 35.5 Å². The number of ether oxygens (including phenoxy) is 2. The van der Waals surface area contributed by atoms with E-state index >= 15 is 0 Å². The summed E-state index contributed by atoms with van der Waals surface area (Å²) in [6.45, 7) is 5.85. The normalized spacial score (nSPS) is 10.7. The second kappa shape index (κ2) is 11.0. The average Bonchev–Trinajstić information content (AvgIpc) is 2.88. The van der Waals surface area contributed by atoms with Gasteiger partial charge in [0.05, 0.1) is 12.2 Å². The summed E-state index contributed by atoms with van der Waals surface area (Å²) in [6.07, 6.45) is 2.30. The van der Waals surface area contributed by atoms with Crippen molar-refractivity contribution in [3.8, 4) is 33.8 Å². The molecule has 0 saturated heterocycles. The highest BCUT2D eigenvalue weighted by Crippen LogP contribution is 2.32. The number of halogens is 3. The van der Waals surface area contributed by atoms with Crippen molar-refractivity contribution in [2.75, 3.05) is 6.61 Å². The van der Waals surface area contributed by atoms with Gasteiger partial charge in [-0.2, -0.15) is 0 Å². The maximum atomic E-state index is 14.9. The molecule has 182 valence electrons. The molecule has 0 radical (unpaired) electrons. The van der Waals surface area contributed by atoms with E-state index < -0.39 is 23.4 Å². The molecule has 0 heterocycles. The minimum Gasteiger partial charge on any atom is -0.493 e. The standard InChI is InChI=1S/C30H23F3O3/c1-3-4-17-35-23-13-16-27(26(31)18-23)36-30(34)22-11-9-21(10-12-22)25-15-14-24(28(32)29(25)33)20-7-5-19(2)6-8-20/h3,5-16,18H,1,4,17H2,2H3. The van der Waals surface area contributed by atoms with Gasteiger partial charge in [0.15, 0.2) is 23.2 Å². The van der Waals surface area contributed by atoms with Gasteiger partial charge < -0.3 is 9.47 Å². The van der Waals surface area contributed by atoms with Crippen LogP contribution < -0.4 is 9.47 Å². The van der Waals surface area contributed by atoms with Gasteiger partial charge in [-0.3, -0.25) is 0 Å². The van der Waals surface area contributed by atoms with Crippen LogP contribution in [0.25, 0.3) is 22.3 Å². The van der Waals surface area contributed by atoms with Crippen molar-refractivity contribution in [3.63, 3.8) is 0 Å². The third-order valence-corrected chi connectivity index (χ3v) is 5.57. The zero-order valence-corrected chi connectivity index (χ0v) is 19.6. The van der Waals surface area contributed by atoms with Crippen molar-refractivity contribution in [1.82, 2.24) is 0 Å². The Bertz CT molecular complexity index is 1390. The van der Waals surface area contributed by atoms with E-state index in [1.54, 1.807) is 18.2 Å². The van der Waals surface area contributed by atoms with E-state index in [0.717, 1.165) is 11.6 Å². The number of hydrogen-bond donors (Lipinski definition) is 0. The number of esters is 1. The Labute approximate surface area is 207 Å².